The van der Waals surface area contributed by atoms with Crippen molar-refractivity contribution in [2.75, 3.05) is 0 Å². The number of hydrogen-bond acceptors (Lipinski definition) is 3. The predicted molar refractivity (Wildman–Crippen MR) is 68.4 cm³/mol. The SMILES string of the molecule is O=C(Cc1nc2ccccc2o1)c1c(F)cccc1F. The Balaban J connectivity index is 1.92. The molecule has 0 unspecified atom stereocenters. The van der Waals surface area contributed by atoms with Crippen molar-refractivity contribution < 1.29 is 18.0 Å². The Morgan fingerprint density at radius 2 is 1.75 bits per heavy atom. The number of carbonyl (C=O) groups excluding carboxylic acids is 1. The normalized spacial score (nSPS) is 10.9. The lowest BCUT2D eigenvalue weighted by atomic mass is 10.1. The molecule has 0 atom stereocenters. The Morgan fingerprint density at radius 3 is 2.45 bits per heavy atom. The molecule has 3 nitrogen and oxygen atoms in total. The highest BCUT2D eigenvalue weighted by molar-refractivity contribution is 5.97. The summed E-state index contributed by atoms with van der Waals surface area (Å²) < 4.78 is 32.4. The zero-order chi connectivity index (χ0) is 14.1. The summed E-state index contributed by atoms with van der Waals surface area (Å²) in [7, 11) is 0. The molecule has 100 valence electrons. The van der Waals surface area contributed by atoms with Gasteiger partial charge in [-0.2, -0.15) is 0 Å². The van der Waals surface area contributed by atoms with Gasteiger partial charge in [-0.3, -0.25) is 4.79 Å². The Labute approximate surface area is 112 Å². The average Bonchev–Trinajstić information content (AvgIpc) is 2.80. The smallest absolute Gasteiger partial charge is 0.203 e. The van der Waals surface area contributed by atoms with Crippen LogP contribution < -0.4 is 0 Å². The van der Waals surface area contributed by atoms with Gasteiger partial charge in [-0.05, 0) is 24.3 Å². The van der Waals surface area contributed by atoms with E-state index in [0.717, 1.165) is 12.1 Å². The van der Waals surface area contributed by atoms with Gasteiger partial charge in [0.2, 0.25) is 5.89 Å². The molecule has 3 rings (SSSR count). The van der Waals surface area contributed by atoms with Gasteiger partial charge in [0, 0.05) is 0 Å². The number of halogens is 2. The maximum absolute atomic E-state index is 13.5. The second-order valence-electron chi connectivity index (χ2n) is 4.27. The summed E-state index contributed by atoms with van der Waals surface area (Å²) in [5, 5.41) is 0. The zero-order valence-corrected chi connectivity index (χ0v) is 10.3. The summed E-state index contributed by atoms with van der Waals surface area (Å²) in [5.41, 5.74) is 0.573. The van der Waals surface area contributed by atoms with Crippen LogP contribution in [0.4, 0.5) is 8.78 Å². The van der Waals surface area contributed by atoms with Crippen LogP contribution in [0.15, 0.2) is 46.9 Å². The minimum atomic E-state index is -0.883. The molecule has 0 saturated heterocycles. The minimum Gasteiger partial charge on any atom is -0.440 e. The van der Waals surface area contributed by atoms with Crippen molar-refractivity contribution in [2.45, 2.75) is 6.42 Å². The first-order chi connectivity index (χ1) is 9.65. The second kappa shape index (κ2) is 4.85. The van der Waals surface area contributed by atoms with Gasteiger partial charge < -0.3 is 4.42 Å². The van der Waals surface area contributed by atoms with Gasteiger partial charge >= 0.3 is 0 Å². The molecule has 0 fully saturated rings. The first kappa shape index (κ1) is 12.5. The lowest BCUT2D eigenvalue weighted by molar-refractivity contribution is 0.0978. The molecule has 0 N–H and O–H groups in total. The maximum Gasteiger partial charge on any atom is 0.203 e. The number of ketones is 1. The number of oxazole rings is 1. The molecule has 2 aromatic carbocycles. The van der Waals surface area contributed by atoms with Crippen LogP contribution >= 0.6 is 0 Å². The van der Waals surface area contributed by atoms with E-state index in [-0.39, 0.29) is 12.3 Å². The van der Waals surface area contributed by atoms with Crippen LogP contribution in [0.1, 0.15) is 16.2 Å². The largest absolute Gasteiger partial charge is 0.440 e. The quantitative estimate of drug-likeness (QED) is 0.685. The lowest BCUT2D eigenvalue weighted by Gasteiger charge is -2.01. The topological polar surface area (TPSA) is 43.1 Å². The van der Waals surface area contributed by atoms with Gasteiger partial charge in [-0.15, -0.1) is 0 Å². The highest BCUT2D eigenvalue weighted by atomic mass is 19.1. The molecule has 20 heavy (non-hydrogen) atoms. The van der Waals surface area contributed by atoms with Crippen LogP contribution in [-0.4, -0.2) is 10.8 Å². The van der Waals surface area contributed by atoms with Crippen LogP contribution in [0.5, 0.6) is 0 Å². The van der Waals surface area contributed by atoms with E-state index in [1.807, 2.05) is 0 Å². The van der Waals surface area contributed by atoms with Crippen molar-refractivity contribution in [2.24, 2.45) is 0 Å². The average molecular weight is 273 g/mol. The fourth-order valence-electron chi connectivity index (χ4n) is 1.99. The van der Waals surface area contributed by atoms with E-state index in [1.165, 1.54) is 6.07 Å². The van der Waals surface area contributed by atoms with Crippen molar-refractivity contribution in [3.8, 4) is 0 Å². The molecule has 0 spiro atoms. The molecule has 0 aliphatic rings. The molecule has 0 saturated carbocycles. The van der Waals surface area contributed by atoms with Crippen molar-refractivity contribution in [3.63, 3.8) is 0 Å². The number of benzene rings is 2. The number of aromatic nitrogens is 1. The highest BCUT2D eigenvalue weighted by Gasteiger charge is 2.19. The lowest BCUT2D eigenvalue weighted by Crippen LogP contribution is -2.09. The Hall–Kier alpha value is -2.56. The van der Waals surface area contributed by atoms with Gasteiger partial charge in [-0.1, -0.05) is 18.2 Å². The molecule has 1 heterocycles. The number of para-hydroxylation sites is 2. The van der Waals surface area contributed by atoms with E-state index in [2.05, 4.69) is 4.98 Å². The molecular weight excluding hydrogens is 264 g/mol. The molecule has 0 aliphatic carbocycles. The van der Waals surface area contributed by atoms with E-state index < -0.39 is 23.0 Å². The third-order valence-corrected chi connectivity index (χ3v) is 2.89. The zero-order valence-electron chi connectivity index (χ0n) is 10.3. The third-order valence-electron chi connectivity index (χ3n) is 2.89. The summed E-state index contributed by atoms with van der Waals surface area (Å²) in [6, 6.07) is 10.3. The van der Waals surface area contributed by atoms with Gasteiger partial charge in [-0.25, -0.2) is 13.8 Å². The first-order valence-electron chi connectivity index (χ1n) is 5.97. The van der Waals surface area contributed by atoms with Gasteiger partial charge in [0.1, 0.15) is 17.2 Å². The summed E-state index contributed by atoms with van der Waals surface area (Å²) in [6.07, 6.45) is -0.285. The van der Waals surface area contributed by atoms with E-state index in [4.69, 9.17) is 4.42 Å². The summed E-state index contributed by atoms with van der Waals surface area (Å²) in [5.74, 6) is -2.33. The van der Waals surface area contributed by atoms with Crippen molar-refractivity contribution in [3.05, 3.63) is 65.6 Å². The highest BCUT2D eigenvalue weighted by Crippen LogP contribution is 2.18. The Morgan fingerprint density at radius 1 is 1.05 bits per heavy atom. The van der Waals surface area contributed by atoms with Crippen LogP contribution in [-0.2, 0) is 6.42 Å². The Kier molecular flexibility index (Phi) is 3.02. The van der Waals surface area contributed by atoms with Crippen molar-refractivity contribution in [1.29, 1.82) is 0 Å². The van der Waals surface area contributed by atoms with Crippen LogP contribution in [0.2, 0.25) is 0 Å². The van der Waals surface area contributed by atoms with Gasteiger partial charge in [0.05, 0.1) is 12.0 Å². The third kappa shape index (κ3) is 2.18. The molecule has 0 aliphatic heterocycles. The van der Waals surface area contributed by atoms with Gasteiger partial charge in [0.25, 0.3) is 0 Å². The summed E-state index contributed by atoms with van der Waals surface area (Å²) >= 11 is 0. The predicted octanol–water partition coefficient (Wildman–Crippen LogP) is 3.53. The molecule has 0 amide bonds. The minimum absolute atomic E-state index is 0.138. The van der Waals surface area contributed by atoms with E-state index in [1.54, 1.807) is 24.3 Å². The maximum atomic E-state index is 13.5. The Bertz CT molecular complexity index is 742. The molecule has 0 bridgehead atoms. The molecule has 1 aromatic heterocycles. The number of rotatable bonds is 3. The number of fused-ring (bicyclic) bond motifs is 1. The van der Waals surface area contributed by atoms with Crippen molar-refractivity contribution >= 4 is 16.9 Å². The summed E-state index contributed by atoms with van der Waals surface area (Å²) in [4.78, 5) is 16.1. The standard InChI is InChI=1S/C15H9F2NO2/c16-9-4-3-5-10(17)15(9)12(19)8-14-18-11-6-1-2-7-13(11)20-14/h1-7H,8H2. The molecule has 0 radical (unpaired) electrons. The summed E-state index contributed by atoms with van der Waals surface area (Å²) in [6.45, 7) is 0. The fraction of sp³-hybridized carbons (Fsp3) is 0.0667. The number of hydrogen-bond donors (Lipinski definition) is 0. The van der Waals surface area contributed by atoms with E-state index in [0.29, 0.717) is 11.1 Å². The van der Waals surface area contributed by atoms with Gasteiger partial charge in [0.15, 0.2) is 11.4 Å². The molecule has 5 heteroatoms. The second-order valence-corrected chi connectivity index (χ2v) is 4.27. The molecule has 3 aromatic rings. The fourth-order valence-corrected chi connectivity index (χ4v) is 1.99. The van der Waals surface area contributed by atoms with E-state index in [9.17, 15) is 13.6 Å². The number of carbonyl (C=O) groups is 1. The van der Waals surface area contributed by atoms with Crippen LogP contribution in [0.25, 0.3) is 11.1 Å². The number of nitrogens with zero attached hydrogens (tertiary/aromatic N) is 1. The van der Waals surface area contributed by atoms with E-state index >= 15 is 0 Å². The van der Waals surface area contributed by atoms with Crippen molar-refractivity contribution in [1.82, 2.24) is 4.98 Å². The van der Waals surface area contributed by atoms with Crippen LogP contribution in [0, 0.1) is 11.6 Å². The molecular formula is C15H9F2NO2. The monoisotopic (exact) mass is 273 g/mol. The number of Topliss-reactive ketones (excluding diaryl/α,β-unsaturated/α-hetero) is 1. The first-order valence-corrected chi connectivity index (χ1v) is 5.97. The van der Waals surface area contributed by atoms with Crippen LogP contribution in [0.3, 0.4) is 0 Å².